The number of hydrogen-bond acceptors (Lipinski definition) is 0. The van der Waals surface area contributed by atoms with Crippen molar-refractivity contribution in [3.8, 4) is 11.4 Å². The second-order valence-electron chi connectivity index (χ2n) is 16.4. The van der Waals surface area contributed by atoms with Crippen molar-refractivity contribution in [2.75, 3.05) is 0 Å². The van der Waals surface area contributed by atoms with Crippen molar-refractivity contribution >= 4 is 120 Å². The molecule has 15 aromatic rings. The van der Waals surface area contributed by atoms with Gasteiger partial charge in [0.15, 0.2) is 0 Å². The van der Waals surface area contributed by atoms with Crippen LogP contribution in [0.5, 0.6) is 0 Å². The van der Waals surface area contributed by atoms with Gasteiger partial charge in [0, 0.05) is 84.2 Å². The van der Waals surface area contributed by atoms with E-state index in [0.29, 0.717) is 21.8 Å². The SMILES string of the molecule is [2H]C([2H])([2H])c1c2c3cccc4c5cc6c(cc5n(c2c(C([2H])([2H])[2H])c2c5cccc7c8cc9c(cc8n(c12)c75)c1ccccc1n9-c1ccccc1)c43)c1ccccc1n6-c1ccccc1. The highest BCUT2D eigenvalue weighted by molar-refractivity contribution is 6.33. The van der Waals surface area contributed by atoms with Gasteiger partial charge in [-0.1, -0.05) is 109 Å². The maximum absolute atomic E-state index is 9.50. The summed E-state index contributed by atoms with van der Waals surface area (Å²) in [7, 11) is 0. The number of nitrogens with zero attached hydrogens (tertiary/aromatic N) is 4. The summed E-state index contributed by atoms with van der Waals surface area (Å²) in [4.78, 5) is 0. The van der Waals surface area contributed by atoms with Crippen molar-refractivity contribution in [3.05, 3.63) is 181 Å². The molecule has 0 atom stereocenters. The average Bonchev–Trinajstić information content (AvgIpc) is 4.15. The molecule has 0 aliphatic carbocycles. The van der Waals surface area contributed by atoms with Crippen LogP contribution in [0, 0.1) is 13.7 Å². The van der Waals surface area contributed by atoms with Gasteiger partial charge in [-0.15, -0.1) is 0 Å². The Morgan fingerprint density at radius 3 is 1.12 bits per heavy atom. The van der Waals surface area contributed by atoms with E-state index in [9.17, 15) is 8.22 Å². The fourth-order valence-corrected chi connectivity index (χ4v) is 11.3. The van der Waals surface area contributed by atoms with Gasteiger partial charge >= 0.3 is 0 Å². The smallest absolute Gasteiger partial charge is 0.0620 e. The van der Waals surface area contributed by atoms with Crippen LogP contribution in [0.3, 0.4) is 0 Å². The fourth-order valence-electron chi connectivity index (χ4n) is 11.3. The van der Waals surface area contributed by atoms with Crippen molar-refractivity contribution in [1.82, 2.24) is 17.9 Å². The van der Waals surface area contributed by atoms with Crippen LogP contribution < -0.4 is 0 Å². The van der Waals surface area contributed by atoms with E-state index in [1.807, 2.05) is 72.8 Å². The normalized spacial score (nSPS) is 14.7. The molecule has 0 spiro atoms. The first kappa shape index (κ1) is 26.2. The van der Waals surface area contributed by atoms with Crippen LogP contribution >= 0.6 is 0 Å². The number of benzene rings is 9. The lowest BCUT2D eigenvalue weighted by Gasteiger charge is -2.11. The first-order valence-electron chi connectivity index (χ1n) is 23.5. The Morgan fingerprint density at radius 2 is 0.667 bits per heavy atom. The molecular weight excluding hydrogens is 729 g/mol. The summed E-state index contributed by atoms with van der Waals surface area (Å²) >= 11 is 0. The van der Waals surface area contributed by atoms with Crippen LogP contribution in [-0.2, 0) is 0 Å². The Bertz CT molecular complexity index is 4290. The fraction of sp³-hybridized carbons (Fsp3) is 0.0357. The Hall–Kier alpha value is -7.82. The highest BCUT2D eigenvalue weighted by atomic mass is 15.0. The molecule has 0 aliphatic rings. The van der Waals surface area contributed by atoms with Crippen LogP contribution in [0.2, 0.25) is 0 Å². The van der Waals surface area contributed by atoms with E-state index in [-0.39, 0.29) is 11.1 Å². The second-order valence-corrected chi connectivity index (χ2v) is 16.4. The van der Waals surface area contributed by atoms with Gasteiger partial charge in [-0.2, -0.15) is 0 Å². The average molecular weight is 769 g/mol. The van der Waals surface area contributed by atoms with Crippen LogP contribution in [0.1, 0.15) is 19.4 Å². The minimum Gasteiger partial charge on any atom is -0.309 e. The quantitative estimate of drug-likeness (QED) is 0.167. The van der Waals surface area contributed by atoms with Gasteiger partial charge in [-0.3, -0.25) is 0 Å². The Balaban J connectivity index is 1.17. The molecule has 0 N–H and O–H groups in total. The van der Waals surface area contributed by atoms with Crippen LogP contribution in [0.25, 0.3) is 131 Å². The van der Waals surface area contributed by atoms with Gasteiger partial charge in [0.25, 0.3) is 0 Å². The predicted octanol–water partition coefficient (Wildman–Crippen LogP) is 14.8. The van der Waals surface area contributed by atoms with Crippen molar-refractivity contribution in [1.29, 1.82) is 0 Å². The lowest BCUT2D eigenvalue weighted by molar-refractivity contribution is 1.18. The third kappa shape index (κ3) is 3.50. The molecule has 9 aromatic carbocycles. The van der Waals surface area contributed by atoms with E-state index in [0.717, 1.165) is 109 Å². The maximum Gasteiger partial charge on any atom is 0.0620 e. The van der Waals surface area contributed by atoms with Gasteiger partial charge in [0.1, 0.15) is 0 Å². The summed E-state index contributed by atoms with van der Waals surface area (Å²) in [5.41, 5.74) is 10.7. The summed E-state index contributed by atoms with van der Waals surface area (Å²) in [5.74, 6) is 0. The van der Waals surface area contributed by atoms with E-state index >= 15 is 0 Å². The minimum atomic E-state index is -2.64. The predicted molar refractivity (Wildman–Crippen MR) is 254 cm³/mol. The van der Waals surface area contributed by atoms with E-state index in [1.165, 1.54) is 0 Å². The van der Waals surface area contributed by atoms with Gasteiger partial charge in [0.2, 0.25) is 0 Å². The van der Waals surface area contributed by atoms with Crippen molar-refractivity contribution < 1.29 is 8.22 Å². The largest absolute Gasteiger partial charge is 0.309 e. The molecule has 0 unspecified atom stereocenters. The molecule has 0 amide bonds. The third-order valence-electron chi connectivity index (χ3n) is 13.6. The van der Waals surface area contributed by atoms with Gasteiger partial charge < -0.3 is 17.9 Å². The number of aromatic nitrogens is 4. The number of aryl methyl sites for hydroxylation is 2. The highest BCUT2D eigenvalue weighted by Gasteiger charge is 2.28. The molecule has 6 heterocycles. The molecule has 4 heteroatoms. The molecule has 0 fully saturated rings. The molecular formula is C56H34N4. The zero-order valence-corrected chi connectivity index (χ0v) is 32.0. The summed E-state index contributed by atoms with van der Waals surface area (Å²) in [6, 6.07) is 58.3. The lowest BCUT2D eigenvalue weighted by atomic mass is 9.96. The van der Waals surface area contributed by atoms with E-state index < -0.39 is 13.7 Å². The maximum atomic E-state index is 9.50. The zero-order valence-electron chi connectivity index (χ0n) is 38.0. The molecule has 15 rings (SSSR count). The number of fused-ring (bicyclic) bond motifs is 18. The Kier molecular flexibility index (Phi) is 4.64. The zero-order chi connectivity index (χ0) is 44.1. The van der Waals surface area contributed by atoms with Crippen LogP contribution in [-0.4, -0.2) is 17.9 Å². The number of rotatable bonds is 2. The topological polar surface area (TPSA) is 18.7 Å². The van der Waals surface area contributed by atoms with Crippen molar-refractivity contribution in [2.45, 2.75) is 13.7 Å². The molecule has 0 aliphatic heterocycles. The first-order chi connectivity index (χ1) is 32.1. The van der Waals surface area contributed by atoms with Gasteiger partial charge in [-0.05, 0) is 85.5 Å². The molecule has 6 aromatic heterocycles. The van der Waals surface area contributed by atoms with E-state index in [2.05, 4.69) is 115 Å². The molecule has 0 saturated carbocycles. The molecule has 0 radical (unpaired) electrons. The van der Waals surface area contributed by atoms with Gasteiger partial charge in [-0.25, -0.2) is 0 Å². The van der Waals surface area contributed by atoms with E-state index in [1.54, 1.807) is 0 Å². The minimum absolute atomic E-state index is 0.161. The number of hydrogen-bond donors (Lipinski definition) is 0. The van der Waals surface area contributed by atoms with Gasteiger partial charge in [0.05, 0.1) is 55.2 Å². The standard InChI is InChI=1S/C56H34N4/c1-31-51-39-23-13-21-37-44-30-48-42(36-20-10-12-26-46(36)58(48)34-17-7-4-8-18-34)28-50(44)60(55(37)39)54(51)32(2)52-40-24-14-22-38-43-29-47-41(27-49(43)59(53(31)52)56(38)40)35-19-9-11-25-45(35)57(47)33-15-5-3-6-16-33/h3-30H,1-2H3/i1D3,2D3. The molecule has 278 valence electrons. The monoisotopic (exact) mass is 768 g/mol. The van der Waals surface area contributed by atoms with Crippen molar-refractivity contribution in [2.24, 2.45) is 0 Å². The summed E-state index contributed by atoms with van der Waals surface area (Å²) < 4.78 is 65.7. The van der Waals surface area contributed by atoms with Crippen molar-refractivity contribution in [3.63, 3.8) is 0 Å². The Labute approximate surface area is 351 Å². The van der Waals surface area contributed by atoms with Crippen LogP contribution in [0.4, 0.5) is 0 Å². The van der Waals surface area contributed by atoms with Crippen LogP contribution in [0.15, 0.2) is 170 Å². The lowest BCUT2D eigenvalue weighted by Crippen LogP contribution is -1.93. The summed E-state index contributed by atoms with van der Waals surface area (Å²) in [6.45, 7) is -5.28. The molecule has 0 saturated heterocycles. The molecule has 0 bridgehead atoms. The summed E-state index contributed by atoms with van der Waals surface area (Å²) in [6.07, 6.45) is 0. The van der Waals surface area contributed by atoms with E-state index in [4.69, 9.17) is 0 Å². The summed E-state index contributed by atoms with van der Waals surface area (Å²) in [5, 5.41) is 10.3. The Morgan fingerprint density at radius 1 is 0.300 bits per heavy atom. The molecule has 60 heavy (non-hydrogen) atoms. The second kappa shape index (κ2) is 10.6. The number of para-hydroxylation sites is 6. The third-order valence-corrected chi connectivity index (χ3v) is 13.6. The first-order valence-corrected chi connectivity index (χ1v) is 20.5. The highest BCUT2D eigenvalue weighted by Crippen LogP contribution is 2.50. The molecule has 4 nitrogen and oxygen atoms in total.